The smallest absolute Gasteiger partial charge is 0.217 e. The van der Waals surface area contributed by atoms with E-state index in [0.717, 1.165) is 0 Å². The number of halogens is 3. The minimum absolute atomic E-state index is 0.257. The molecule has 0 aromatic heterocycles. The minimum atomic E-state index is -2.56. The van der Waals surface area contributed by atoms with Gasteiger partial charge in [-0.05, 0) is 42.2 Å². The monoisotopic (exact) mass is 363 g/mol. The third-order valence-corrected chi connectivity index (χ3v) is 8.18. The highest BCUT2D eigenvalue weighted by atomic mass is 35.5. The molecule has 0 heterocycles. The van der Waals surface area contributed by atoms with Crippen molar-refractivity contribution in [1.82, 2.24) is 5.09 Å². The highest BCUT2D eigenvalue weighted by Gasteiger charge is 2.21. The third-order valence-electron chi connectivity index (χ3n) is 1.73. The Morgan fingerprint density at radius 3 is 2.67 bits per heavy atom. The zero-order valence-corrected chi connectivity index (χ0v) is 13.9. The van der Waals surface area contributed by atoms with Gasteiger partial charge in [0.25, 0.3) is 0 Å². The lowest BCUT2D eigenvalue weighted by Crippen LogP contribution is -2.07. The first-order chi connectivity index (χ1) is 8.43. The van der Waals surface area contributed by atoms with Gasteiger partial charge >= 0.3 is 0 Å². The van der Waals surface area contributed by atoms with Crippen molar-refractivity contribution in [3.05, 3.63) is 27.2 Å². The summed E-state index contributed by atoms with van der Waals surface area (Å²) in [6.45, 7) is 2.19. The quantitative estimate of drug-likeness (QED) is 0.449. The summed E-state index contributed by atoms with van der Waals surface area (Å²) in [6, 6.07) is 3.30. The molecular formula is C9H9Cl3NO2PS2. The van der Waals surface area contributed by atoms with Crippen LogP contribution in [0.5, 0.6) is 0 Å². The first kappa shape index (κ1) is 16.6. The summed E-state index contributed by atoms with van der Waals surface area (Å²) >= 11 is 24.3. The topological polar surface area (TPSA) is 38.3 Å². The number of hydrogen-bond acceptors (Lipinski definition) is 4. The van der Waals surface area contributed by atoms with Gasteiger partial charge < -0.3 is 9.61 Å². The number of carbonyl (C=O) groups is 1. The lowest BCUT2D eigenvalue weighted by atomic mass is 10.4. The highest BCUT2D eigenvalue weighted by Crippen LogP contribution is 2.61. The molecule has 0 saturated carbocycles. The van der Waals surface area contributed by atoms with Crippen LogP contribution in [0.1, 0.15) is 6.92 Å². The van der Waals surface area contributed by atoms with Gasteiger partial charge in [-0.1, -0.05) is 34.8 Å². The van der Waals surface area contributed by atoms with Crippen LogP contribution in [0.3, 0.4) is 0 Å². The van der Waals surface area contributed by atoms with E-state index in [9.17, 15) is 4.79 Å². The molecule has 9 heteroatoms. The molecule has 0 aliphatic carbocycles. The lowest BCUT2D eigenvalue weighted by molar-refractivity contribution is -0.108. The molecule has 0 fully saturated rings. The molecule has 1 amide bonds. The molecule has 100 valence electrons. The van der Waals surface area contributed by atoms with Gasteiger partial charge in [0, 0.05) is 4.90 Å². The summed E-state index contributed by atoms with van der Waals surface area (Å²) in [5.74, 6) is 0. The number of benzene rings is 1. The van der Waals surface area contributed by atoms with E-state index < -0.39 is 5.62 Å². The Bertz CT molecular complexity index is 501. The molecule has 1 rings (SSSR count). The van der Waals surface area contributed by atoms with E-state index >= 15 is 0 Å². The molecule has 1 N–H and O–H groups in total. The zero-order valence-electron chi connectivity index (χ0n) is 9.15. The Morgan fingerprint density at radius 1 is 1.44 bits per heavy atom. The summed E-state index contributed by atoms with van der Waals surface area (Å²) < 4.78 is 5.41. The van der Waals surface area contributed by atoms with Crippen molar-refractivity contribution >= 4 is 70.0 Å². The molecule has 1 atom stereocenters. The van der Waals surface area contributed by atoms with Crippen LogP contribution in [0.4, 0.5) is 0 Å². The van der Waals surface area contributed by atoms with E-state index in [-0.39, 0.29) is 5.02 Å². The van der Waals surface area contributed by atoms with Gasteiger partial charge in [0.05, 0.1) is 21.7 Å². The van der Waals surface area contributed by atoms with Crippen molar-refractivity contribution in [2.75, 3.05) is 6.61 Å². The molecule has 0 saturated heterocycles. The van der Waals surface area contributed by atoms with E-state index in [0.29, 0.717) is 28.0 Å². The number of rotatable bonds is 6. The van der Waals surface area contributed by atoms with Crippen LogP contribution in [0.25, 0.3) is 0 Å². The zero-order chi connectivity index (χ0) is 13.8. The SMILES string of the molecule is CCOP(=S)(NC=O)Sc1ccc(Cl)c(Cl)c1Cl. The predicted octanol–water partition coefficient (Wildman–Crippen LogP) is 4.75. The van der Waals surface area contributed by atoms with Crippen molar-refractivity contribution in [3.63, 3.8) is 0 Å². The van der Waals surface area contributed by atoms with Crippen LogP contribution >= 0.6 is 51.8 Å². The van der Waals surface area contributed by atoms with Crippen LogP contribution in [-0.4, -0.2) is 13.0 Å². The Kier molecular flexibility index (Phi) is 6.76. The summed E-state index contributed by atoms with van der Waals surface area (Å²) in [7, 11) is 0. The van der Waals surface area contributed by atoms with Gasteiger partial charge in [-0.15, -0.1) is 0 Å². The van der Waals surface area contributed by atoms with Crippen LogP contribution < -0.4 is 5.09 Å². The Hall–Kier alpha value is 0.520. The molecule has 0 radical (unpaired) electrons. The first-order valence-corrected chi connectivity index (χ1v) is 10.00. The summed E-state index contributed by atoms with van der Waals surface area (Å²) in [5, 5.41) is 3.44. The van der Waals surface area contributed by atoms with E-state index in [1.807, 2.05) is 0 Å². The van der Waals surface area contributed by atoms with Gasteiger partial charge in [-0.25, -0.2) is 0 Å². The fourth-order valence-corrected chi connectivity index (χ4v) is 6.28. The average Bonchev–Trinajstić information content (AvgIpc) is 2.31. The maximum Gasteiger partial charge on any atom is 0.217 e. The molecule has 1 aromatic carbocycles. The molecule has 0 spiro atoms. The van der Waals surface area contributed by atoms with Gasteiger partial charge in [-0.2, -0.15) is 0 Å². The molecule has 1 unspecified atom stereocenters. The molecule has 0 bridgehead atoms. The summed E-state index contributed by atoms with van der Waals surface area (Å²) in [5.41, 5.74) is -2.56. The fraction of sp³-hybridized carbons (Fsp3) is 0.222. The van der Waals surface area contributed by atoms with Crippen molar-refractivity contribution in [3.8, 4) is 0 Å². The largest absolute Gasteiger partial charge is 0.327 e. The lowest BCUT2D eigenvalue weighted by Gasteiger charge is -2.20. The number of amides is 1. The minimum Gasteiger partial charge on any atom is -0.327 e. The van der Waals surface area contributed by atoms with Crippen LogP contribution in [0.15, 0.2) is 17.0 Å². The van der Waals surface area contributed by atoms with Gasteiger partial charge in [0.15, 0.2) is 0 Å². The molecule has 1 aromatic rings. The maximum absolute atomic E-state index is 10.6. The molecule has 0 aliphatic heterocycles. The predicted molar refractivity (Wildman–Crippen MR) is 82.4 cm³/mol. The number of hydrogen-bond donors (Lipinski definition) is 1. The Morgan fingerprint density at radius 2 is 2.11 bits per heavy atom. The number of carbonyl (C=O) groups excluding carboxylic acids is 1. The third kappa shape index (κ3) is 4.27. The number of nitrogens with one attached hydrogen (secondary N) is 1. The summed E-state index contributed by atoms with van der Waals surface area (Å²) in [4.78, 5) is 11.2. The first-order valence-electron chi connectivity index (χ1n) is 4.72. The van der Waals surface area contributed by atoms with Crippen molar-refractivity contribution in [2.24, 2.45) is 0 Å². The van der Waals surface area contributed by atoms with Crippen molar-refractivity contribution in [1.29, 1.82) is 0 Å². The van der Waals surface area contributed by atoms with Crippen molar-refractivity contribution in [2.45, 2.75) is 11.8 Å². The average molecular weight is 365 g/mol. The van der Waals surface area contributed by atoms with Crippen LogP contribution in [0.2, 0.25) is 15.1 Å². The van der Waals surface area contributed by atoms with Gasteiger partial charge in [-0.3, -0.25) is 4.79 Å². The maximum atomic E-state index is 10.6. The molecule has 18 heavy (non-hydrogen) atoms. The van der Waals surface area contributed by atoms with Gasteiger partial charge in [0.1, 0.15) is 0 Å². The second kappa shape index (κ2) is 7.34. The van der Waals surface area contributed by atoms with E-state index in [2.05, 4.69) is 5.09 Å². The highest BCUT2D eigenvalue weighted by molar-refractivity contribution is 8.68. The normalized spacial score (nSPS) is 14.0. The molecule has 3 nitrogen and oxygen atoms in total. The van der Waals surface area contributed by atoms with Crippen LogP contribution in [-0.2, 0) is 21.1 Å². The Labute approximate surface area is 129 Å². The van der Waals surface area contributed by atoms with E-state index in [1.165, 1.54) is 11.4 Å². The van der Waals surface area contributed by atoms with E-state index in [4.69, 9.17) is 51.1 Å². The molecule has 0 aliphatic rings. The van der Waals surface area contributed by atoms with E-state index in [1.54, 1.807) is 19.1 Å². The van der Waals surface area contributed by atoms with Gasteiger partial charge in [0.2, 0.25) is 12.0 Å². The molecular weight excluding hydrogens is 356 g/mol. The van der Waals surface area contributed by atoms with Crippen LogP contribution in [0, 0.1) is 0 Å². The van der Waals surface area contributed by atoms with Crippen molar-refractivity contribution < 1.29 is 9.32 Å². The summed E-state index contributed by atoms with van der Waals surface area (Å²) in [6.07, 6.45) is 0.523. The Balaban J connectivity index is 3.05. The fourth-order valence-electron chi connectivity index (χ4n) is 1.03. The standard InChI is InChI=1S/C9H9Cl3NO2PS2/c1-2-15-16(17,13-5-14)18-7-4-3-6(10)8(11)9(7)12/h3-5H,2H2,1H3,(H,13,14,17). The second-order valence-corrected chi connectivity index (χ2v) is 10.6. The second-order valence-electron chi connectivity index (χ2n) is 2.93.